The van der Waals surface area contributed by atoms with Gasteiger partial charge in [-0.15, -0.1) is 0 Å². The molecule has 6 rings (SSSR count). The molecule has 0 saturated carbocycles. The standard InChI is InChI=1S/C33H32ClN5O2/c34-27-6-3-5-25(21-27)23-33(40)35-28-13-11-26(12-14-28)30-7-4-8-32-36-31(37-39(30)32)22-24-9-15-29(16-10-24)41-20-19-38-17-1-2-18-38/h3-16,21H,1-2,17-20,22-23H2,(H,35,40). The van der Waals surface area contributed by atoms with E-state index in [1.54, 1.807) is 12.1 Å². The number of fused-ring (bicyclic) bond motifs is 1. The maximum Gasteiger partial charge on any atom is 0.228 e. The van der Waals surface area contributed by atoms with Crippen LogP contribution in [0.3, 0.4) is 0 Å². The van der Waals surface area contributed by atoms with Crippen molar-refractivity contribution < 1.29 is 9.53 Å². The van der Waals surface area contributed by atoms with Gasteiger partial charge in [-0.2, -0.15) is 5.10 Å². The van der Waals surface area contributed by atoms with Crippen LogP contribution in [0.1, 0.15) is 29.8 Å². The van der Waals surface area contributed by atoms with Crippen molar-refractivity contribution in [2.75, 3.05) is 31.6 Å². The molecular formula is C33H32ClN5O2. The van der Waals surface area contributed by atoms with E-state index < -0.39 is 0 Å². The highest BCUT2D eigenvalue weighted by Gasteiger charge is 2.12. The molecule has 7 nitrogen and oxygen atoms in total. The van der Waals surface area contributed by atoms with Crippen molar-refractivity contribution in [2.45, 2.75) is 25.7 Å². The van der Waals surface area contributed by atoms with E-state index in [1.807, 2.05) is 71.2 Å². The lowest BCUT2D eigenvalue weighted by Gasteiger charge is -2.14. The van der Waals surface area contributed by atoms with Gasteiger partial charge in [0.15, 0.2) is 11.5 Å². The molecule has 3 heterocycles. The maximum absolute atomic E-state index is 12.5. The molecule has 0 atom stereocenters. The third-order valence-electron chi connectivity index (χ3n) is 7.28. The fourth-order valence-electron chi connectivity index (χ4n) is 5.19. The molecule has 1 aliphatic rings. The molecule has 0 spiro atoms. The average Bonchev–Trinajstić information content (AvgIpc) is 3.64. The van der Waals surface area contributed by atoms with Crippen LogP contribution in [0.5, 0.6) is 5.75 Å². The highest BCUT2D eigenvalue weighted by atomic mass is 35.5. The molecule has 8 heteroatoms. The number of aromatic nitrogens is 3. The molecule has 1 fully saturated rings. The Morgan fingerprint density at radius 3 is 2.46 bits per heavy atom. The fraction of sp³-hybridized carbons (Fsp3) is 0.242. The summed E-state index contributed by atoms with van der Waals surface area (Å²) < 4.78 is 7.81. The third-order valence-corrected chi connectivity index (χ3v) is 7.52. The van der Waals surface area contributed by atoms with Crippen LogP contribution in [0.2, 0.25) is 5.02 Å². The van der Waals surface area contributed by atoms with Crippen molar-refractivity contribution in [1.82, 2.24) is 19.5 Å². The van der Waals surface area contributed by atoms with Crippen LogP contribution in [0.15, 0.2) is 91.0 Å². The summed E-state index contributed by atoms with van der Waals surface area (Å²) in [7, 11) is 0. The molecule has 0 radical (unpaired) electrons. The molecule has 1 aliphatic heterocycles. The molecule has 3 aromatic carbocycles. The number of likely N-dealkylation sites (tertiary alicyclic amines) is 1. The van der Waals surface area contributed by atoms with Crippen molar-refractivity contribution in [3.63, 3.8) is 0 Å². The first-order valence-electron chi connectivity index (χ1n) is 14.0. The van der Waals surface area contributed by atoms with E-state index in [-0.39, 0.29) is 12.3 Å². The molecule has 208 valence electrons. The summed E-state index contributed by atoms with van der Waals surface area (Å²) in [6.07, 6.45) is 3.49. The van der Waals surface area contributed by atoms with Crippen LogP contribution in [0, 0.1) is 0 Å². The number of hydrogen-bond donors (Lipinski definition) is 1. The number of carbonyl (C=O) groups is 1. The Morgan fingerprint density at radius 1 is 0.902 bits per heavy atom. The summed E-state index contributed by atoms with van der Waals surface area (Å²) in [5, 5.41) is 8.39. The number of ether oxygens (including phenoxy) is 1. The Bertz CT molecular complexity index is 1630. The monoisotopic (exact) mass is 565 g/mol. The van der Waals surface area contributed by atoms with E-state index in [2.05, 4.69) is 22.3 Å². The van der Waals surface area contributed by atoms with E-state index in [4.69, 9.17) is 26.4 Å². The number of carbonyl (C=O) groups excluding carboxylic acids is 1. The SMILES string of the molecule is O=C(Cc1cccc(Cl)c1)Nc1ccc(-c2cccc3nc(Cc4ccc(OCCN5CCCC5)cc4)nn23)cc1. The lowest BCUT2D eigenvalue weighted by Crippen LogP contribution is -2.25. The van der Waals surface area contributed by atoms with Crippen molar-refractivity contribution in [2.24, 2.45) is 0 Å². The second kappa shape index (κ2) is 12.5. The Balaban J connectivity index is 1.09. The summed E-state index contributed by atoms with van der Waals surface area (Å²) >= 11 is 6.04. The van der Waals surface area contributed by atoms with Crippen LogP contribution in [0.25, 0.3) is 16.9 Å². The topological polar surface area (TPSA) is 71.8 Å². The second-order valence-electron chi connectivity index (χ2n) is 10.4. The molecule has 1 saturated heterocycles. The van der Waals surface area contributed by atoms with E-state index >= 15 is 0 Å². The first-order chi connectivity index (χ1) is 20.1. The minimum absolute atomic E-state index is 0.0929. The molecule has 1 N–H and O–H groups in total. The number of anilines is 1. The highest BCUT2D eigenvalue weighted by molar-refractivity contribution is 6.30. The first kappa shape index (κ1) is 27.0. The van der Waals surface area contributed by atoms with Gasteiger partial charge in [0, 0.05) is 29.2 Å². The van der Waals surface area contributed by atoms with E-state index in [0.29, 0.717) is 18.1 Å². The Morgan fingerprint density at radius 2 is 1.68 bits per heavy atom. The first-order valence-corrected chi connectivity index (χ1v) is 14.4. The molecule has 41 heavy (non-hydrogen) atoms. The van der Waals surface area contributed by atoms with Crippen molar-refractivity contribution in [1.29, 1.82) is 0 Å². The van der Waals surface area contributed by atoms with Gasteiger partial charge in [-0.1, -0.05) is 54.1 Å². The predicted octanol–water partition coefficient (Wildman–Crippen LogP) is 6.30. The number of nitrogens with one attached hydrogen (secondary N) is 1. The molecular weight excluding hydrogens is 534 g/mol. The number of rotatable bonds is 10. The zero-order valence-electron chi connectivity index (χ0n) is 22.8. The largest absolute Gasteiger partial charge is 0.492 e. The van der Waals surface area contributed by atoms with Crippen molar-refractivity contribution >= 4 is 28.8 Å². The van der Waals surface area contributed by atoms with Crippen molar-refractivity contribution in [3.05, 3.63) is 113 Å². The number of amides is 1. The van der Waals surface area contributed by atoms with Crippen LogP contribution in [-0.4, -0.2) is 51.6 Å². The number of halogens is 1. The minimum atomic E-state index is -0.0929. The Kier molecular flexibility index (Phi) is 8.26. The quantitative estimate of drug-likeness (QED) is 0.215. The van der Waals surface area contributed by atoms with Gasteiger partial charge in [0.1, 0.15) is 12.4 Å². The van der Waals surface area contributed by atoms with Gasteiger partial charge in [0.25, 0.3) is 0 Å². The van der Waals surface area contributed by atoms with Gasteiger partial charge in [-0.25, -0.2) is 9.50 Å². The minimum Gasteiger partial charge on any atom is -0.492 e. The molecule has 1 amide bonds. The highest BCUT2D eigenvalue weighted by Crippen LogP contribution is 2.23. The number of nitrogens with zero attached hydrogens (tertiary/aromatic N) is 4. The van der Waals surface area contributed by atoms with Gasteiger partial charge < -0.3 is 10.1 Å². The van der Waals surface area contributed by atoms with E-state index in [1.165, 1.54) is 25.9 Å². The predicted molar refractivity (Wildman–Crippen MR) is 163 cm³/mol. The van der Waals surface area contributed by atoms with Gasteiger partial charge >= 0.3 is 0 Å². The zero-order valence-corrected chi connectivity index (χ0v) is 23.6. The number of hydrogen-bond acceptors (Lipinski definition) is 5. The summed E-state index contributed by atoms with van der Waals surface area (Å²) in [4.78, 5) is 19.7. The number of pyridine rings is 1. The van der Waals surface area contributed by atoms with Crippen LogP contribution in [0.4, 0.5) is 5.69 Å². The van der Waals surface area contributed by atoms with Crippen LogP contribution >= 0.6 is 11.6 Å². The smallest absolute Gasteiger partial charge is 0.228 e. The van der Waals surface area contributed by atoms with Gasteiger partial charge in [0.05, 0.1) is 12.1 Å². The average molecular weight is 566 g/mol. The zero-order chi connectivity index (χ0) is 28.0. The van der Waals surface area contributed by atoms with Gasteiger partial charge in [0.2, 0.25) is 5.91 Å². The van der Waals surface area contributed by atoms with Crippen molar-refractivity contribution in [3.8, 4) is 17.0 Å². The molecule has 2 aromatic heterocycles. The second-order valence-corrected chi connectivity index (χ2v) is 10.8. The Labute approximate surface area is 244 Å². The fourth-order valence-corrected chi connectivity index (χ4v) is 5.40. The number of benzene rings is 3. The molecule has 0 bridgehead atoms. The summed E-state index contributed by atoms with van der Waals surface area (Å²) in [5.41, 5.74) is 5.44. The molecule has 5 aromatic rings. The summed E-state index contributed by atoms with van der Waals surface area (Å²) in [6, 6.07) is 29.3. The van der Waals surface area contributed by atoms with Crippen LogP contribution < -0.4 is 10.1 Å². The van der Waals surface area contributed by atoms with Gasteiger partial charge in [-0.05, 0) is 85.6 Å². The molecule has 0 aliphatic carbocycles. The Hall–Kier alpha value is -4.20. The van der Waals surface area contributed by atoms with E-state index in [9.17, 15) is 4.79 Å². The summed E-state index contributed by atoms with van der Waals surface area (Å²) in [5.74, 6) is 1.55. The normalized spacial score (nSPS) is 13.5. The lowest BCUT2D eigenvalue weighted by atomic mass is 10.1. The van der Waals surface area contributed by atoms with E-state index in [0.717, 1.165) is 51.8 Å². The van der Waals surface area contributed by atoms with Gasteiger partial charge in [-0.3, -0.25) is 9.69 Å². The summed E-state index contributed by atoms with van der Waals surface area (Å²) in [6.45, 7) is 4.07. The lowest BCUT2D eigenvalue weighted by molar-refractivity contribution is -0.115. The molecule has 0 unspecified atom stereocenters. The maximum atomic E-state index is 12.5. The third kappa shape index (κ3) is 6.93. The van der Waals surface area contributed by atoms with Crippen LogP contribution in [-0.2, 0) is 17.6 Å².